The Morgan fingerprint density at radius 2 is 1.54 bits per heavy atom. The van der Waals surface area contributed by atoms with Gasteiger partial charge >= 0.3 is 0 Å². The number of hydrogen-bond donors (Lipinski definition) is 1. The van der Waals surface area contributed by atoms with E-state index in [-0.39, 0.29) is 30.4 Å². The van der Waals surface area contributed by atoms with Gasteiger partial charge in [0.1, 0.15) is 11.8 Å². The molecule has 7 heteroatoms. The van der Waals surface area contributed by atoms with Crippen molar-refractivity contribution in [1.82, 2.24) is 15.1 Å². The Hall–Kier alpha value is -3.97. The van der Waals surface area contributed by atoms with Crippen LogP contribution in [0.5, 0.6) is 0 Å². The molecule has 3 amide bonds. The molecule has 0 bridgehead atoms. The number of piperidine rings is 1. The van der Waals surface area contributed by atoms with Gasteiger partial charge in [0.15, 0.2) is 0 Å². The topological polar surface area (TPSA) is 79.0 Å². The van der Waals surface area contributed by atoms with Crippen LogP contribution in [-0.2, 0) is 20.7 Å². The Balaban J connectivity index is 1.36. The Kier molecular flexibility index (Phi) is 7.79. The van der Waals surface area contributed by atoms with Crippen molar-refractivity contribution in [2.75, 3.05) is 19.7 Å². The third kappa shape index (κ3) is 5.59. The summed E-state index contributed by atoms with van der Waals surface area (Å²) in [4.78, 5) is 44.2. The molecule has 3 aromatic carbocycles. The van der Waals surface area contributed by atoms with Crippen LogP contribution >= 0.6 is 0 Å². The summed E-state index contributed by atoms with van der Waals surface area (Å²) in [6, 6.07) is 25.9. The first kappa shape index (κ1) is 26.6. The van der Waals surface area contributed by atoms with E-state index in [0.717, 1.165) is 16.7 Å². The smallest absolute Gasteiger partial charge is 0.257 e. The number of nitrogens with one attached hydrogen (secondary N) is 1. The number of ether oxygens (including phenoxy) is 1. The van der Waals surface area contributed by atoms with Crippen molar-refractivity contribution in [1.29, 1.82) is 0 Å². The zero-order valence-corrected chi connectivity index (χ0v) is 22.5. The van der Waals surface area contributed by atoms with Crippen LogP contribution in [0, 0.1) is 6.92 Å². The number of nitrogens with zero attached hydrogens (tertiary/aromatic N) is 2. The molecule has 202 valence electrons. The van der Waals surface area contributed by atoms with Crippen molar-refractivity contribution in [2.45, 2.75) is 50.9 Å². The van der Waals surface area contributed by atoms with Crippen molar-refractivity contribution in [2.24, 2.45) is 0 Å². The summed E-state index contributed by atoms with van der Waals surface area (Å²) in [5, 5.41) is 3.09. The van der Waals surface area contributed by atoms with Gasteiger partial charge in [-0.2, -0.15) is 0 Å². The lowest BCUT2D eigenvalue weighted by atomic mass is 9.95. The van der Waals surface area contributed by atoms with Crippen LogP contribution in [0.3, 0.4) is 0 Å². The molecule has 0 saturated carbocycles. The summed E-state index contributed by atoms with van der Waals surface area (Å²) < 4.78 is 6.35. The van der Waals surface area contributed by atoms with Crippen LogP contribution in [0.2, 0.25) is 0 Å². The molecule has 2 fully saturated rings. The summed E-state index contributed by atoms with van der Waals surface area (Å²) in [6.07, 6.45) is 1.23. The minimum atomic E-state index is -0.944. The maximum atomic E-state index is 14.1. The van der Waals surface area contributed by atoms with E-state index in [1.165, 1.54) is 0 Å². The minimum absolute atomic E-state index is 0.0526. The van der Waals surface area contributed by atoms with E-state index in [4.69, 9.17) is 4.74 Å². The summed E-state index contributed by atoms with van der Waals surface area (Å²) in [7, 11) is 0. The van der Waals surface area contributed by atoms with Crippen molar-refractivity contribution >= 4 is 17.7 Å². The predicted molar refractivity (Wildman–Crippen MR) is 149 cm³/mol. The highest BCUT2D eigenvalue weighted by atomic mass is 16.5. The quantitative estimate of drug-likeness (QED) is 0.521. The number of likely N-dealkylation sites (tertiary alicyclic amines) is 1. The van der Waals surface area contributed by atoms with Gasteiger partial charge in [0.25, 0.3) is 5.91 Å². The van der Waals surface area contributed by atoms with Gasteiger partial charge in [-0.1, -0.05) is 78.9 Å². The standard InChI is InChI=1S/C32H35N3O4/c1-23-11-9-10-16-27(23)31(38)35-28(30(37)33-24(2)26-14-7-4-8-15-26)22-39-32(35)17-19-34(20-18-32)29(36)21-25-12-5-3-6-13-25/h3-16,24,28H,17-22H2,1-2H3,(H,33,37)/t24-,28-/m1/s1. The zero-order valence-electron chi connectivity index (χ0n) is 22.5. The Bertz CT molecular complexity index is 1320. The molecule has 7 nitrogen and oxygen atoms in total. The fourth-order valence-electron chi connectivity index (χ4n) is 5.63. The molecular weight excluding hydrogens is 490 g/mol. The first-order valence-electron chi connectivity index (χ1n) is 13.6. The lowest BCUT2D eigenvalue weighted by Crippen LogP contribution is -2.60. The first-order chi connectivity index (χ1) is 18.9. The molecule has 1 spiro atoms. The van der Waals surface area contributed by atoms with Crippen molar-refractivity contribution in [3.05, 3.63) is 107 Å². The van der Waals surface area contributed by atoms with Crippen LogP contribution < -0.4 is 5.32 Å². The van der Waals surface area contributed by atoms with Crippen LogP contribution in [0.15, 0.2) is 84.9 Å². The molecule has 0 aliphatic carbocycles. The number of hydrogen-bond acceptors (Lipinski definition) is 4. The average Bonchev–Trinajstić information content (AvgIpc) is 3.32. The van der Waals surface area contributed by atoms with Gasteiger partial charge in [-0.05, 0) is 36.6 Å². The molecule has 0 aromatic heterocycles. The van der Waals surface area contributed by atoms with E-state index in [1.54, 1.807) is 11.0 Å². The lowest BCUT2D eigenvalue weighted by Gasteiger charge is -2.44. The van der Waals surface area contributed by atoms with Gasteiger partial charge in [0.2, 0.25) is 11.8 Å². The molecule has 5 rings (SSSR count). The third-order valence-corrected chi connectivity index (χ3v) is 7.91. The fourth-order valence-corrected chi connectivity index (χ4v) is 5.63. The molecule has 2 aliphatic rings. The van der Waals surface area contributed by atoms with Crippen LogP contribution in [-0.4, -0.2) is 59.0 Å². The van der Waals surface area contributed by atoms with Crippen LogP contribution in [0.1, 0.15) is 52.9 Å². The first-order valence-corrected chi connectivity index (χ1v) is 13.6. The van der Waals surface area contributed by atoms with Gasteiger partial charge in [-0.15, -0.1) is 0 Å². The van der Waals surface area contributed by atoms with Gasteiger partial charge in [-0.3, -0.25) is 19.3 Å². The SMILES string of the molecule is Cc1ccccc1C(=O)N1[C@@H](C(=O)N[C@H](C)c2ccccc2)COC12CCN(C(=O)Cc1ccccc1)CC2. The highest BCUT2D eigenvalue weighted by molar-refractivity contribution is 5.99. The second kappa shape index (κ2) is 11.4. The maximum absolute atomic E-state index is 14.1. The Labute approximate surface area is 229 Å². The second-order valence-electron chi connectivity index (χ2n) is 10.4. The largest absolute Gasteiger partial charge is 0.353 e. The molecule has 2 saturated heterocycles. The number of rotatable bonds is 6. The van der Waals surface area contributed by atoms with Crippen molar-refractivity contribution in [3.8, 4) is 0 Å². The van der Waals surface area contributed by atoms with Gasteiger partial charge in [0, 0.05) is 31.5 Å². The van der Waals surface area contributed by atoms with Crippen molar-refractivity contribution in [3.63, 3.8) is 0 Å². The van der Waals surface area contributed by atoms with Crippen molar-refractivity contribution < 1.29 is 19.1 Å². The van der Waals surface area contributed by atoms with E-state index >= 15 is 0 Å². The number of amides is 3. The van der Waals surface area contributed by atoms with Gasteiger partial charge < -0.3 is 15.0 Å². The molecular formula is C32H35N3O4. The zero-order chi connectivity index (χ0) is 27.4. The lowest BCUT2D eigenvalue weighted by molar-refractivity contribution is -0.143. The van der Waals surface area contributed by atoms with Crippen LogP contribution in [0.4, 0.5) is 0 Å². The average molecular weight is 526 g/mol. The monoisotopic (exact) mass is 525 g/mol. The van der Waals surface area contributed by atoms with Gasteiger partial charge in [-0.25, -0.2) is 0 Å². The summed E-state index contributed by atoms with van der Waals surface area (Å²) >= 11 is 0. The Morgan fingerprint density at radius 1 is 0.923 bits per heavy atom. The molecule has 2 heterocycles. The number of aryl methyl sites for hydroxylation is 1. The molecule has 39 heavy (non-hydrogen) atoms. The van der Waals surface area contributed by atoms with E-state index in [9.17, 15) is 14.4 Å². The molecule has 0 unspecified atom stereocenters. The number of benzene rings is 3. The third-order valence-electron chi connectivity index (χ3n) is 7.91. The Morgan fingerprint density at radius 3 is 2.21 bits per heavy atom. The predicted octanol–water partition coefficient (Wildman–Crippen LogP) is 4.27. The van der Waals surface area contributed by atoms with Gasteiger partial charge in [0.05, 0.1) is 19.1 Å². The normalized spacial score (nSPS) is 19.1. The molecule has 0 radical (unpaired) electrons. The number of carbonyl (C=O) groups excluding carboxylic acids is 3. The minimum Gasteiger partial charge on any atom is -0.353 e. The molecule has 2 atom stereocenters. The summed E-state index contributed by atoms with van der Waals surface area (Å²) in [5.41, 5.74) is 2.42. The fraction of sp³-hybridized carbons (Fsp3) is 0.344. The molecule has 3 aromatic rings. The number of carbonyl (C=O) groups is 3. The molecule has 2 aliphatic heterocycles. The molecule has 1 N–H and O–H groups in total. The summed E-state index contributed by atoms with van der Waals surface area (Å²) in [6.45, 7) is 4.86. The van der Waals surface area contributed by atoms with E-state index in [1.807, 2.05) is 97.6 Å². The second-order valence-corrected chi connectivity index (χ2v) is 10.4. The van der Waals surface area contributed by atoms with E-state index in [0.29, 0.717) is 37.9 Å². The highest BCUT2D eigenvalue weighted by Gasteiger charge is 2.54. The van der Waals surface area contributed by atoms with E-state index < -0.39 is 11.8 Å². The summed E-state index contributed by atoms with van der Waals surface area (Å²) in [5.74, 6) is -0.410. The van der Waals surface area contributed by atoms with E-state index in [2.05, 4.69) is 5.32 Å². The van der Waals surface area contributed by atoms with Crippen LogP contribution in [0.25, 0.3) is 0 Å². The maximum Gasteiger partial charge on any atom is 0.257 e. The highest BCUT2D eigenvalue weighted by Crippen LogP contribution is 2.39.